The number of carbonyl (C=O) groups is 2. The molecule has 0 aliphatic heterocycles. The number of fused-ring (bicyclic) bond motifs is 1. The summed E-state index contributed by atoms with van der Waals surface area (Å²) in [5.41, 5.74) is -1.57. The average molecular weight is 322 g/mol. The van der Waals surface area contributed by atoms with E-state index in [2.05, 4.69) is 0 Å². The topological polar surface area (TPSA) is 97.7 Å². The second-order valence-electron chi connectivity index (χ2n) is 6.66. The normalized spacial score (nSPS) is 46.6. The minimum atomic E-state index is -5.86. The fraction of sp³-hybridized carbons (Fsp3) is 0.833. The van der Waals surface area contributed by atoms with Crippen LogP contribution in [0.5, 0.6) is 0 Å². The summed E-state index contributed by atoms with van der Waals surface area (Å²) in [4.78, 5) is 23.4. The van der Waals surface area contributed by atoms with E-state index in [0.717, 1.165) is 0 Å². The van der Waals surface area contributed by atoms with Crippen LogP contribution in [0.4, 0.5) is 8.78 Å². The van der Waals surface area contributed by atoms with Crippen molar-refractivity contribution in [1.82, 2.24) is 0 Å². The standard InChI is InChI=1S/C12H12F2O6S/c13-12(14,21(17,18)19)9(16)20-11-2-5-1-7-6(8(5)15)3-10(7,11)4-11/h5-7H,1-4H2,(H,17,18,19). The van der Waals surface area contributed by atoms with Crippen molar-refractivity contribution in [2.75, 3.05) is 0 Å². The summed E-state index contributed by atoms with van der Waals surface area (Å²) >= 11 is 0. The third kappa shape index (κ3) is 1.32. The van der Waals surface area contributed by atoms with Crippen molar-refractivity contribution in [3.63, 3.8) is 0 Å². The highest BCUT2D eigenvalue weighted by molar-refractivity contribution is 7.87. The first-order chi connectivity index (χ1) is 9.54. The minimum Gasteiger partial charge on any atom is -0.453 e. The van der Waals surface area contributed by atoms with Crippen LogP contribution in [0.15, 0.2) is 0 Å². The molecular weight excluding hydrogens is 310 g/mol. The number of Topliss-reactive ketones (excluding diaryl/α,β-unsaturated/α-hetero) is 1. The Balaban J connectivity index is 1.60. The van der Waals surface area contributed by atoms with Crippen molar-refractivity contribution in [3.05, 3.63) is 0 Å². The van der Waals surface area contributed by atoms with E-state index in [1.165, 1.54) is 0 Å². The van der Waals surface area contributed by atoms with E-state index in [4.69, 9.17) is 9.29 Å². The van der Waals surface area contributed by atoms with Gasteiger partial charge in [0.1, 0.15) is 11.4 Å². The number of alkyl halides is 2. The second-order valence-corrected chi connectivity index (χ2v) is 8.13. The number of carbonyl (C=O) groups excluding carboxylic acids is 2. The molecule has 0 saturated heterocycles. The Bertz CT molecular complexity index is 688. The third-order valence-electron chi connectivity index (χ3n) is 5.90. The molecule has 4 fully saturated rings. The molecule has 0 aromatic carbocycles. The van der Waals surface area contributed by atoms with Crippen LogP contribution in [0.1, 0.15) is 25.7 Å². The van der Waals surface area contributed by atoms with E-state index in [1.54, 1.807) is 0 Å². The van der Waals surface area contributed by atoms with E-state index >= 15 is 0 Å². The van der Waals surface area contributed by atoms with Crippen molar-refractivity contribution in [2.24, 2.45) is 23.2 Å². The van der Waals surface area contributed by atoms with Crippen molar-refractivity contribution in [3.8, 4) is 0 Å². The van der Waals surface area contributed by atoms with Gasteiger partial charge in [0.05, 0.1) is 0 Å². The van der Waals surface area contributed by atoms with Gasteiger partial charge >= 0.3 is 21.3 Å². The van der Waals surface area contributed by atoms with Crippen LogP contribution in [0.2, 0.25) is 0 Å². The molecule has 4 aliphatic carbocycles. The lowest BCUT2D eigenvalue weighted by Crippen LogP contribution is -2.48. The lowest BCUT2D eigenvalue weighted by Gasteiger charge is -2.44. The summed E-state index contributed by atoms with van der Waals surface area (Å²) in [5, 5.41) is -4.98. The molecule has 0 radical (unpaired) electrons. The number of halogens is 2. The first kappa shape index (κ1) is 13.6. The zero-order valence-electron chi connectivity index (χ0n) is 10.7. The van der Waals surface area contributed by atoms with Crippen molar-refractivity contribution in [2.45, 2.75) is 36.5 Å². The maximum absolute atomic E-state index is 13.3. The van der Waals surface area contributed by atoms with Gasteiger partial charge in [-0.15, -0.1) is 0 Å². The van der Waals surface area contributed by atoms with Crippen molar-refractivity contribution >= 4 is 21.9 Å². The molecule has 4 rings (SSSR count). The molecule has 0 heterocycles. The summed E-state index contributed by atoms with van der Waals surface area (Å²) in [6.45, 7) is 0. The molecule has 0 amide bonds. The maximum Gasteiger partial charge on any atom is 0.465 e. The highest BCUT2D eigenvalue weighted by Gasteiger charge is 2.86. The predicted octanol–water partition coefficient (Wildman–Crippen LogP) is 0.768. The first-order valence-corrected chi connectivity index (χ1v) is 8.10. The Labute approximate surface area is 118 Å². The number of hydrogen-bond acceptors (Lipinski definition) is 5. The zero-order valence-corrected chi connectivity index (χ0v) is 11.5. The Morgan fingerprint density at radius 2 is 2.05 bits per heavy atom. The van der Waals surface area contributed by atoms with Gasteiger partial charge in [-0.1, -0.05) is 0 Å². The van der Waals surface area contributed by atoms with Gasteiger partial charge in [-0.2, -0.15) is 17.2 Å². The zero-order chi connectivity index (χ0) is 15.4. The monoisotopic (exact) mass is 322 g/mol. The quantitative estimate of drug-likeness (QED) is 0.609. The highest BCUT2D eigenvalue weighted by Crippen LogP contribution is 2.83. The Kier molecular flexibility index (Phi) is 2.13. The third-order valence-corrected chi connectivity index (χ3v) is 6.71. The summed E-state index contributed by atoms with van der Waals surface area (Å²) < 4.78 is 61.1. The van der Waals surface area contributed by atoms with E-state index in [1.807, 2.05) is 0 Å². The van der Waals surface area contributed by atoms with Crippen LogP contribution in [-0.4, -0.2) is 35.6 Å². The molecule has 1 spiro atoms. The molecule has 0 aromatic heterocycles. The van der Waals surface area contributed by atoms with E-state index in [0.29, 0.717) is 19.3 Å². The van der Waals surface area contributed by atoms with Gasteiger partial charge in [0.25, 0.3) is 0 Å². The van der Waals surface area contributed by atoms with Crippen LogP contribution in [0, 0.1) is 23.2 Å². The Morgan fingerprint density at radius 1 is 1.38 bits per heavy atom. The van der Waals surface area contributed by atoms with Crippen LogP contribution < -0.4 is 0 Å². The SMILES string of the molecule is O=C1C2CC3C1CC31CC1(OC(=O)C(F)(F)S(=O)(=O)O)C2. The van der Waals surface area contributed by atoms with Gasteiger partial charge in [-0.3, -0.25) is 9.35 Å². The van der Waals surface area contributed by atoms with Gasteiger partial charge in [0.15, 0.2) is 0 Å². The van der Waals surface area contributed by atoms with Crippen LogP contribution in [-0.2, 0) is 24.4 Å². The molecule has 116 valence electrons. The summed E-state index contributed by atoms with van der Waals surface area (Å²) in [6.07, 6.45) is 1.82. The smallest absolute Gasteiger partial charge is 0.453 e. The molecule has 9 heteroatoms. The van der Waals surface area contributed by atoms with Crippen LogP contribution >= 0.6 is 0 Å². The van der Waals surface area contributed by atoms with E-state index in [9.17, 15) is 26.8 Å². The number of ketones is 1. The van der Waals surface area contributed by atoms with Gasteiger partial charge in [-0.25, -0.2) is 4.79 Å². The largest absolute Gasteiger partial charge is 0.465 e. The second kappa shape index (κ2) is 3.29. The molecule has 4 aliphatic rings. The lowest BCUT2D eigenvalue weighted by molar-refractivity contribution is -0.178. The summed E-state index contributed by atoms with van der Waals surface area (Å²) in [5.74, 6) is -2.42. The van der Waals surface area contributed by atoms with Gasteiger partial charge in [-0.05, 0) is 31.6 Å². The van der Waals surface area contributed by atoms with Gasteiger partial charge in [0.2, 0.25) is 0 Å². The molecule has 0 aromatic rings. The highest BCUT2D eigenvalue weighted by atomic mass is 32.2. The minimum absolute atomic E-state index is 0.0554. The average Bonchev–Trinajstić information content (AvgIpc) is 2.96. The molecule has 21 heavy (non-hydrogen) atoms. The predicted molar refractivity (Wildman–Crippen MR) is 61.7 cm³/mol. The fourth-order valence-corrected chi connectivity index (χ4v) is 5.15. The van der Waals surface area contributed by atoms with Crippen LogP contribution in [0.25, 0.3) is 0 Å². The van der Waals surface area contributed by atoms with Crippen LogP contribution in [0.3, 0.4) is 0 Å². The summed E-state index contributed by atoms with van der Waals surface area (Å²) in [7, 11) is -5.86. The van der Waals surface area contributed by atoms with E-state index < -0.39 is 32.4 Å². The molecule has 6 nitrogen and oxygen atoms in total. The number of rotatable bonds is 3. The Morgan fingerprint density at radius 3 is 2.67 bits per heavy atom. The lowest BCUT2D eigenvalue weighted by atomic mass is 9.60. The molecule has 4 saturated carbocycles. The fourth-order valence-electron chi connectivity index (χ4n) is 4.90. The van der Waals surface area contributed by atoms with E-state index in [-0.39, 0.29) is 30.0 Å². The molecule has 2 bridgehead atoms. The van der Waals surface area contributed by atoms with Gasteiger partial charge < -0.3 is 4.74 Å². The number of ether oxygens (including phenoxy) is 1. The molecule has 5 atom stereocenters. The summed E-state index contributed by atoms with van der Waals surface area (Å²) in [6, 6.07) is 0. The maximum atomic E-state index is 13.3. The Hall–Kier alpha value is -1.09. The van der Waals surface area contributed by atoms with Crippen molar-refractivity contribution in [1.29, 1.82) is 0 Å². The number of hydrogen-bond donors (Lipinski definition) is 1. The molecule has 5 unspecified atom stereocenters. The number of esters is 1. The molecule has 1 N–H and O–H groups in total. The van der Waals surface area contributed by atoms with Crippen molar-refractivity contribution < 1.29 is 36.1 Å². The molecular formula is C12H12F2O6S. The first-order valence-electron chi connectivity index (χ1n) is 6.66. The van der Waals surface area contributed by atoms with Gasteiger partial charge in [0, 0.05) is 17.3 Å².